The first kappa shape index (κ1) is 19.6. The summed E-state index contributed by atoms with van der Waals surface area (Å²) in [5.41, 5.74) is 14.3. The van der Waals surface area contributed by atoms with E-state index < -0.39 is 0 Å². The topological polar surface area (TPSA) is 132 Å². The van der Waals surface area contributed by atoms with Crippen LogP contribution in [0.3, 0.4) is 0 Å². The van der Waals surface area contributed by atoms with Gasteiger partial charge in [-0.3, -0.25) is 10.1 Å². The third-order valence-electron chi connectivity index (χ3n) is 6.11. The molecule has 0 saturated heterocycles. The van der Waals surface area contributed by atoms with Crippen LogP contribution < -0.4 is 31.9 Å². The number of carbonyl (C=O) groups is 1. The van der Waals surface area contributed by atoms with Crippen LogP contribution in [0.1, 0.15) is 27.9 Å². The zero-order valence-corrected chi connectivity index (χ0v) is 17.8. The van der Waals surface area contributed by atoms with Gasteiger partial charge in [0.05, 0.1) is 23.5 Å². The molecule has 1 aliphatic carbocycles. The maximum Gasteiger partial charge on any atom is 0.303 e. The van der Waals surface area contributed by atoms with Crippen LogP contribution in [0.25, 0.3) is 0 Å². The number of anilines is 3. The second-order valence-electron chi connectivity index (χ2n) is 8.28. The molecule has 4 heterocycles. The first-order valence-corrected chi connectivity index (χ1v) is 10.9. The first-order chi connectivity index (χ1) is 16.2. The van der Waals surface area contributed by atoms with Crippen molar-refractivity contribution >= 4 is 23.7 Å². The molecule has 11 heteroatoms. The molecule has 3 aliphatic rings. The summed E-state index contributed by atoms with van der Waals surface area (Å²) in [6.07, 6.45) is 7.27. The Morgan fingerprint density at radius 1 is 1.09 bits per heavy atom. The largest absolute Gasteiger partial charge is 0.430 e. The Bertz CT molecular complexity index is 1200. The number of carbonyl (C=O) groups excluding carboxylic acids is 1. The SMILES string of the molecule is O=C(Nc1nc(N2CCC3=C(C2)NNN3)co1)c1cnc(NC2Cc3ccccc3C2)nc1. The minimum absolute atomic E-state index is 0.135. The summed E-state index contributed by atoms with van der Waals surface area (Å²) >= 11 is 0. The monoisotopic (exact) mass is 445 g/mol. The number of hydrazine groups is 2. The van der Waals surface area contributed by atoms with Gasteiger partial charge in [-0.15, -0.1) is 0 Å². The number of hydrogen-bond donors (Lipinski definition) is 5. The van der Waals surface area contributed by atoms with Crippen LogP contribution >= 0.6 is 0 Å². The van der Waals surface area contributed by atoms with Crippen LogP contribution in [0.15, 0.2) is 58.7 Å². The van der Waals surface area contributed by atoms with Crippen molar-refractivity contribution in [3.05, 3.63) is 71.0 Å². The average molecular weight is 445 g/mol. The average Bonchev–Trinajstić information content (AvgIpc) is 3.58. The van der Waals surface area contributed by atoms with E-state index in [0.717, 1.165) is 37.2 Å². The van der Waals surface area contributed by atoms with E-state index in [9.17, 15) is 4.79 Å². The van der Waals surface area contributed by atoms with E-state index >= 15 is 0 Å². The highest BCUT2D eigenvalue weighted by Gasteiger charge is 2.25. The van der Waals surface area contributed by atoms with Gasteiger partial charge in [0.1, 0.15) is 6.26 Å². The lowest BCUT2D eigenvalue weighted by Gasteiger charge is -2.26. The van der Waals surface area contributed by atoms with Crippen LogP contribution in [0.2, 0.25) is 0 Å². The lowest BCUT2D eigenvalue weighted by atomic mass is 10.1. The lowest BCUT2D eigenvalue weighted by Crippen LogP contribution is -2.35. The predicted molar refractivity (Wildman–Crippen MR) is 121 cm³/mol. The number of oxazole rings is 1. The number of aromatic nitrogens is 3. The molecule has 0 unspecified atom stereocenters. The number of nitrogens with one attached hydrogen (secondary N) is 5. The van der Waals surface area contributed by atoms with Gasteiger partial charge < -0.3 is 25.5 Å². The third kappa shape index (κ3) is 3.94. The molecule has 11 nitrogen and oxygen atoms in total. The summed E-state index contributed by atoms with van der Waals surface area (Å²) in [6, 6.07) is 8.81. The van der Waals surface area contributed by atoms with E-state index in [1.54, 1.807) is 6.26 Å². The van der Waals surface area contributed by atoms with Crippen LogP contribution in [-0.2, 0) is 12.8 Å². The maximum absolute atomic E-state index is 12.6. The van der Waals surface area contributed by atoms with Crippen LogP contribution in [-0.4, -0.2) is 40.0 Å². The standard InChI is InChI=1S/C22H23N9O2/c32-20(27-22-26-19(12-33-22)31-6-5-17-18(11-31)29-30-28-17)15-9-23-21(24-10-15)25-16-7-13-3-1-2-4-14(13)8-16/h1-4,9-10,12,16,28-30H,5-8,11H2,(H,23,24,25)(H,26,27,32). The number of amides is 1. The van der Waals surface area contributed by atoms with Crippen molar-refractivity contribution in [2.45, 2.75) is 25.3 Å². The van der Waals surface area contributed by atoms with Gasteiger partial charge in [0.2, 0.25) is 5.95 Å². The Balaban J connectivity index is 1.05. The fourth-order valence-electron chi connectivity index (χ4n) is 4.39. The smallest absolute Gasteiger partial charge is 0.303 e. The lowest BCUT2D eigenvalue weighted by molar-refractivity contribution is 0.102. The molecule has 3 aromatic rings. The van der Waals surface area contributed by atoms with E-state index in [2.05, 4.69) is 71.1 Å². The maximum atomic E-state index is 12.6. The third-order valence-corrected chi connectivity index (χ3v) is 6.11. The molecule has 33 heavy (non-hydrogen) atoms. The highest BCUT2D eigenvalue weighted by molar-refractivity contribution is 6.02. The zero-order valence-electron chi connectivity index (χ0n) is 17.8. The Morgan fingerprint density at radius 2 is 1.85 bits per heavy atom. The van der Waals surface area contributed by atoms with E-state index in [1.807, 2.05) is 0 Å². The molecule has 6 rings (SSSR count). The van der Waals surface area contributed by atoms with Crippen molar-refractivity contribution < 1.29 is 9.21 Å². The minimum Gasteiger partial charge on any atom is -0.430 e. The molecular formula is C22H23N9O2. The van der Waals surface area contributed by atoms with Crippen molar-refractivity contribution in [1.29, 1.82) is 0 Å². The number of nitrogens with zero attached hydrogens (tertiary/aromatic N) is 4. The summed E-state index contributed by atoms with van der Waals surface area (Å²) in [6.45, 7) is 1.47. The normalized spacial score (nSPS) is 17.3. The predicted octanol–water partition coefficient (Wildman–Crippen LogP) is 1.33. The molecule has 0 spiro atoms. The highest BCUT2D eigenvalue weighted by Crippen LogP contribution is 2.25. The molecule has 5 N–H and O–H groups in total. The van der Waals surface area contributed by atoms with Gasteiger partial charge in [-0.25, -0.2) is 9.97 Å². The van der Waals surface area contributed by atoms with Crippen LogP contribution in [0.5, 0.6) is 0 Å². The number of rotatable bonds is 5. The molecule has 0 saturated carbocycles. The summed E-state index contributed by atoms with van der Waals surface area (Å²) in [7, 11) is 0. The summed E-state index contributed by atoms with van der Waals surface area (Å²) in [5.74, 6) is 0.794. The summed E-state index contributed by atoms with van der Waals surface area (Å²) in [5, 5.41) is 6.02. The Morgan fingerprint density at radius 3 is 2.64 bits per heavy atom. The highest BCUT2D eigenvalue weighted by atomic mass is 16.4. The molecule has 1 aromatic carbocycles. The molecule has 0 radical (unpaired) electrons. The van der Waals surface area contributed by atoms with E-state index in [0.29, 0.717) is 23.9 Å². The van der Waals surface area contributed by atoms with Crippen molar-refractivity contribution in [3.63, 3.8) is 0 Å². The second-order valence-corrected chi connectivity index (χ2v) is 8.28. The summed E-state index contributed by atoms with van der Waals surface area (Å²) < 4.78 is 5.46. The molecule has 0 fully saturated rings. The van der Waals surface area contributed by atoms with Gasteiger partial charge in [0.25, 0.3) is 5.91 Å². The van der Waals surface area contributed by atoms with E-state index in [-0.39, 0.29) is 18.0 Å². The summed E-state index contributed by atoms with van der Waals surface area (Å²) in [4.78, 5) is 27.7. The van der Waals surface area contributed by atoms with Gasteiger partial charge in [-0.05, 0) is 24.0 Å². The van der Waals surface area contributed by atoms with Crippen molar-refractivity contribution in [2.24, 2.45) is 0 Å². The molecular weight excluding hydrogens is 422 g/mol. The molecule has 0 bridgehead atoms. The quantitative estimate of drug-likeness (QED) is 0.392. The Kier molecular flexibility index (Phi) is 4.80. The zero-order chi connectivity index (χ0) is 22.2. The molecule has 2 aromatic heterocycles. The van der Waals surface area contributed by atoms with Crippen molar-refractivity contribution in [3.8, 4) is 0 Å². The first-order valence-electron chi connectivity index (χ1n) is 10.9. The van der Waals surface area contributed by atoms with E-state index in [4.69, 9.17) is 4.42 Å². The van der Waals surface area contributed by atoms with Gasteiger partial charge >= 0.3 is 6.01 Å². The van der Waals surface area contributed by atoms with Gasteiger partial charge in [-0.1, -0.05) is 24.3 Å². The van der Waals surface area contributed by atoms with Crippen molar-refractivity contribution in [1.82, 2.24) is 31.3 Å². The van der Waals surface area contributed by atoms with Gasteiger partial charge in [-0.2, -0.15) is 10.5 Å². The molecule has 2 aliphatic heterocycles. The van der Waals surface area contributed by atoms with Crippen LogP contribution in [0, 0.1) is 0 Å². The van der Waals surface area contributed by atoms with Gasteiger partial charge in [0, 0.05) is 31.4 Å². The van der Waals surface area contributed by atoms with Gasteiger partial charge in [0.15, 0.2) is 5.82 Å². The molecule has 168 valence electrons. The fraction of sp³-hybridized carbons (Fsp3) is 0.273. The Labute approximate surface area is 189 Å². The number of fused-ring (bicyclic) bond motifs is 1. The Hall–Kier alpha value is -4.12. The molecule has 1 amide bonds. The second kappa shape index (κ2) is 8.10. The van der Waals surface area contributed by atoms with Crippen molar-refractivity contribution in [2.75, 3.05) is 28.6 Å². The minimum atomic E-state index is -0.377. The fourth-order valence-corrected chi connectivity index (χ4v) is 4.39. The van der Waals surface area contributed by atoms with E-state index in [1.165, 1.54) is 23.5 Å². The number of hydrogen-bond acceptors (Lipinski definition) is 10. The number of benzene rings is 1. The van der Waals surface area contributed by atoms with Crippen LogP contribution in [0.4, 0.5) is 17.8 Å². The molecule has 0 atom stereocenters.